The molecule has 0 aliphatic carbocycles. The molecular formula is C23H22N4O3. The summed E-state index contributed by atoms with van der Waals surface area (Å²) < 4.78 is 4.82. The fourth-order valence-corrected chi connectivity index (χ4v) is 3.67. The van der Waals surface area contributed by atoms with Gasteiger partial charge in [0.05, 0.1) is 16.9 Å². The number of para-hydroxylation sites is 2. The fourth-order valence-electron chi connectivity index (χ4n) is 3.67. The third-order valence-corrected chi connectivity index (χ3v) is 5.34. The summed E-state index contributed by atoms with van der Waals surface area (Å²) >= 11 is 0. The molecule has 0 saturated heterocycles. The number of rotatable bonds is 4. The second kappa shape index (κ2) is 7.51. The van der Waals surface area contributed by atoms with Crippen molar-refractivity contribution >= 4 is 22.8 Å². The van der Waals surface area contributed by atoms with Crippen LogP contribution in [0.1, 0.15) is 18.2 Å². The number of nitrogens with zero attached hydrogens (tertiary/aromatic N) is 4. The maximum Gasteiger partial charge on any atom is 0.297 e. The first kappa shape index (κ1) is 19.4. The quantitative estimate of drug-likeness (QED) is 0.532. The third-order valence-electron chi connectivity index (χ3n) is 5.34. The highest BCUT2D eigenvalue weighted by Crippen LogP contribution is 2.26. The van der Waals surface area contributed by atoms with Crippen molar-refractivity contribution in [2.45, 2.75) is 20.4 Å². The van der Waals surface area contributed by atoms with E-state index in [1.165, 1.54) is 10.9 Å². The lowest BCUT2D eigenvalue weighted by molar-refractivity contribution is 0.478. The van der Waals surface area contributed by atoms with Gasteiger partial charge in [-0.15, -0.1) is 0 Å². The van der Waals surface area contributed by atoms with Gasteiger partial charge in [-0.3, -0.25) is 14.3 Å². The van der Waals surface area contributed by atoms with Crippen molar-refractivity contribution in [2.24, 2.45) is 12.0 Å². The molecule has 152 valence electrons. The van der Waals surface area contributed by atoms with Crippen molar-refractivity contribution in [3.63, 3.8) is 0 Å². The van der Waals surface area contributed by atoms with E-state index in [1.54, 1.807) is 41.4 Å². The average Bonchev–Trinajstić information content (AvgIpc) is 2.97. The molecule has 2 aromatic carbocycles. The second-order valence-electron chi connectivity index (χ2n) is 7.00. The van der Waals surface area contributed by atoms with Gasteiger partial charge in [-0.1, -0.05) is 30.3 Å². The zero-order valence-electron chi connectivity index (χ0n) is 17.0. The number of aromatic hydroxyl groups is 1. The van der Waals surface area contributed by atoms with E-state index < -0.39 is 0 Å². The number of aliphatic imine (C=N–C) groups is 1. The molecule has 2 aromatic heterocycles. The Morgan fingerprint density at radius 3 is 2.37 bits per heavy atom. The smallest absolute Gasteiger partial charge is 0.297 e. The molecule has 4 rings (SSSR count). The lowest BCUT2D eigenvalue weighted by Crippen LogP contribution is -2.23. The van der Waals surface area contributed by atoms with Crippen LogP contribution in [0.5, 0.6) is 5.75 Å². The predicted octanol–water partition coefficient (Wildman–Crippen LogP) is 3.28. The Bertz CT molecular complexity index is 1390. The Balaban J connectivity index is 1.90. The van der Waals surface area contributed by atoms with E-state index in [4.69, 9.17) is 0 Å². The first-order valence-corrected chi connectivity index (χ1v) is 9.68. The molecule has 30 heavy (non-hydrogen) atoms. The monoisotopic (exact) mass is 402 g/mol. The van der Waals surface area contributed by atoms with Gasteiger partial charge in [0, 0.05) is 25.2 Å². The van der Waals surface area contributed by atoms with E-state index in [-0.39, 0.29) is 28.1 Å². The van der Waals surface area contributed by atoms with Crippen molar-refractivity contribution in [2.75, 3.05) is 0 Å². The average molecular weight is 402 g/mol. The third kappa shape index (κ3) is 2.95. The Kier molecular flexibility index (Phi) is 4.87. The van der Waals surface area contributed by atoms with Crippen molar-refractivity contribution in [3.05, 3.63) is 86.6 Å². The minimum atomic E-state index is -0.352. The lowest BCUT2D eigenvalue weighted by Gasteiger charge is -2.11. The molecule has 0 unspecified atom stereocenters. The maximum absolute atomic E-state index is 13.0. The molecule has 0 bridgehead atoms. The van der Waals surface area contributed by atoms with Gasteiger partial charge in [-0.05, 0) is 38.1 Å². The van der Waals surface area contributed by atoms with Crippen molar-refractivity contribution in [1.29, 1.82) is 0 Å². The summed E-state index contributed by atoms with van der Waals surface area (Å²) in [6.45, 7) is 4.11. The van der Waals surface area contributed by atoms with E-state index in [1.807, 2.05) is 43.3 Å². The van der Waals surface area contributed by atoms with Crippen LogP contribution in [-0.4, -0.2) is 25.3 Å². The maximum atomic E-state index is 13.0. The molecule has 0 aliphatic rings. The molecule has 2 heterocycles. The molecule has 0 aliphatic heterocycles. The van der Waals surface area contributed by atoms with Crippen LogP contribution >= 0.6 is 0 Å². The Morgan fingerprint density at radius 2 is 1.67 bits per heavy atom. The Morgan fingerprint density at radius 1 is 1.00 bits per heavy atom. The largest absolute Gasteiger partial charge is 0.506 e. The van der Waals surface area contributed by atoms with E-state index in [0.717, 1.165) is 5.69 Å². The van der Waals surface area contributed by atoms with Crippen LogP contribution in [0.15, 0.2) is 69.2 Å². The summed E-state index contributed by atoms with van der Waals surface area (Å²) in [7, 11) is 1.78. The normalized spacial score (nSPS) is 11.6. The summed E-state index contributed by atoms with van der Waals surface area (Å²) in [5.74, 6) is -0.138. The van der Waals surface area contributed by atoms with Gasteiger partial charge in [0.25, 0.3) is 11.1 Å². The van der Waals surface area contributed by atoms with Gasteiger partial charge in [0.15, 0.2) is 5.69 Å². The minimum absolute atomic E-state index is 0.0597. The van der Waals surface area contributed by atoms with Crippen molar-refractivity contribution < 1.29 is 5.11 Å². The Hall–Kier alpha value is -3.87. The van der Waals surface area contributed by atoms with Gasteiger partial charge < -0.3 is 9.67 Å². The predicted molar refractivity (Wildman–Crippen MR) is 119 cm³/mol. The number of fused-ring (bicyclic) bond motifs is 1. The molecule has 0 fully saturated rings. The fraction of sp³-hybridized carbons (Fsp3) is 0.174. The number of hydrogen-bond donors (Lipinski definition) is 1. The number of aromatic nitrogens is 3. The van der Waals surface area contributed by atoms with Gasteiger partial charge >= 0.3 is 0 Å². The minimum Gasteiger partial charge on any atom is -0.506 e. The SMILES string of the molecule is CCn1c(=O)c(C=Nc2c(C)n(C)n(-c3ccccc3)c2=O)c(O)c2ccccc21. The zero-order valence-corrected chi connectivity index (χ0v) is 17.0. The number of pyridine rings is 1. The van der Waals surface area contributed by atoms with Gasteiger partial charge in [0.2, 0.25) is 0 Å². The summed E-state index contributed by atoms with van der Waals surface area (Å²) in [5.41, 5.74) is 1.65. The van der Waals surface area contributed by atoms with Crippen LogP contribution in [0.4, 0.5) is 5.69 Å². The van der Waals surface area contributed by atoms with Gasteiger partial charge in [-0.2, -0.15) is 0 Å². The molecule has 4 aromatic rings. The van der Waals surface area contributed by atoms with Crippen molar-refractivity contribution in [3.8, 4) is 11.4 Å². The van der Waals surface area contributed by atoms with Crippen LogP contribution in [0.2, 0.25) is 0 Å². The van der Waals surface area contributed by atoms with Crippen LogP contribution < -0.4 is 11.1 Å². The van der Waals surface area contributed by atoms with E-state index >= 15 is 0 Å². The van der Waals surface area contributed by atoms with Crippen LogP contribution in [-0.2, 0) is 13.6 Å². The topological polar surface area (TPSA) is 81.5 Å². The van der Waals surface area contributed by atoms with Gasteiger partial charge in [-0.25, -0.2) is 9.67 Å². The molecule has 0 atom stereocenters. The second-order valence-corrected chi connectivity index (χ2v) is 7.00. The van der Waals surface area contributed by atoms with Crippen LogP contribution in [0, 0.1) is 6.92 Å². The number of benzene rings is 2. The van der Waals surface area contributed by atoms with Crippen LogP contribution in [0.25, 0.3) is 16.6 Å². The summed E-state index contributed by atoms with van der Waals surface area (Å²) in [4.78, 5) is 30.3. The highest BCUT2D eigenvalue weighted by Gasteiger charge is 2.17. The first-order chi connectivity index (χ1) is 14.5. The molecule has 7 heteroatoms. The van der Waals surface area contributed by atoms with E-state index in [0.29, 0.717) is 23.1 Å². The molecule has 0 amide bonds. The van der Waals surface area contributed by atoms with Crippen molar-refractivity contribution in [1.82, 2.24) is 13.9 Å². The summed E-state index contributed by atoms with van der Waals surface area (Å²) in [5, 5.41) is 11.3. The number of aryl methyl sites for hydroxylation is 1. The van der Waals surface area contributed by atoms with Crippen LogP contribution in [0.3, 0.4) is 0 Å². The summed E-state index contributed by atoms with van der Waals surface area (Å²) in [6.07, 6.45) is 1.29. The zero-order chi connectivity index (χ0) is 21.4. The number of hydrogen-bond acceptors (Lipinski definition) is 4. The van der Waals surface area contributed by atoms with E-state index in [2.05, 4.69) is 4.99 Å². The first-order valence-electron chi connectivity index (χ1n) is 9.68. The lowest BCUT2D eigenvalue weighted by atomic mass is 10.1. The van der Waals surface area contributed by atoms with Gasteiger partial charge in [0.1, 0.15) is 11.3 Å². The molecular weight excluding hydrogens is 380 g/mol. The molecule has 1 N–H and O–H groups in total. The molecule has 0 radical (unpaired) electrons. The molecule has 0 saturated carbocycles. The highest BCUT2D eigenvalue weighted by atomic mass is 16.3. The molecule has 0 spiro atoms. The standard InChI is InChI=1S/C23H22N4O3/c1-4-26-19-13-9-8-12-17(19)21(28)18(22(26)29)14-24-20-15(2)25(3)27(23(20)30)16-10-6-5-7-11-16/h5-14,28H,4H2,1-3H3. The Labute approximate surface area is 172 Å². The highest BCUT2D eigenvalue weighted by molar-refractivity contribution is 5.95. The molecule has 7 nitrogen and oxygen atoms in total. The summed E-state index contributed by atoms with van der Waals surface area (Å²) in [6, 6.07) is 16.4. The van der Waals surface area contributed by atoms with E-state index in [9.17, 15) is 14.7 Å².